The normalized spacial score (nSPS) is 37.4. The van der Waals surface area contributed by atoms with Gasteiger partial charge in [0.2, 0.25) is 0 Å². The Hall–Kier alpha value is -0.370. The van der Waals surface area contributed by atoms with Crippen LogP contribution < -0.4 is 0 Å². The zero-order valence-corrected chi connectivity index (χ0v) is 6.97. The second kappa shape index (κ2) is 2.06. The molecule has 0 heterocycles. The number of Topliss-reactive ketones (excluding diaryl/α,β-unsaturated/α-hetero) is 1. The van der Waals surface area contributed by atoms with E-state index in [4.69, 9.17) is 4.74 Å². The molecule has 0 bridgehead atoms. The first kappa shape index (κ1) is 7.73. The number of hydrogen-bond acceptors (Lipinski definition) is 2. The lowest BCUT2D eigenvalue weighted by Crippen LogP contribution is -2.58. The highest BCUT2D eigenvalue weighted by Gasteiger charge is 2.53. The molecule has 0 aliphatic heterocycles. The van der Waals surface area contributed by atoms with Crippen LogP contribution >= 0.6 is 0 Å². The highest BCUT2D eigenvalue weighted by atomic mass is 16.5. The molecule has 0 aromatic carbocycles. The van der Waals surface area contributed by atoms with E-state index in [2.05, 4.69) is 0 Å². The van der Waals surface area contributed by atoms with Gasteiger partial charge in [0, 0.05) is 13.0 Å². The van der Waals surface area contributed by atoms with Crippen LogP contribution in [0.3, 0.4) is 0 Å². The average Bonchev–Trinajstić information content (AvgIpc) is 1.88. The van der Waals surface area contributed by atoms with Gasteiger partial charge in [-0.05, 0) is 0 Å². The maximum atomic E-state index is 11.2. The number of hydrogen-bond donors (Lipinski definition) is 0. The molecule has 2 heteroatoms. The minimum Gasteiger partial charge on any atom is -0.380 e. The van der Waals surface area contributed by atoms with Gasteiger partial charge in [-0.1, -0.05) is 20.8 Å². The van der Waals surface area contributed by atoms with Gasteiger partial charge in [-0.3, -0.25) is 4.79 Å². The lowest BCUT2D eigenvalue weighted by Gasteiger charge is -2.46. The van der Waals surface area contributed by atoms with Gasteiger partial charge < -0.3 is 4.74 Å². The van der Waals surface area contributed by atoms with Crippen molar-refractivity contribution in [3.63, 3.8) is 0 Å². The third-order valence-corrected chi connectivity index (χ3v) is 2.47. The molecule has 0 amide bonds. The van der Waals surface area contributed by atoms with Crippen LogP contribution in [0.4, 0.5) is 0 Å². The van der Waals surface area contributed by atoms with Crippen molar-refractivity contribution in [1.82, 2.24) is 0 Å². The SMILES string of the molecule is CO[C@@H]1[C@@H](C)C(=O)C1(C)C. The molecular weight excluding hydrogens is 128 g/mol. The number of carbonyl (C=O) groups is 1. The highest BCUT2D eigenvalue weighted by Crippen LogP contribution is 2.42. The largest absolute Gasteiger partial charge is 0.380 e. The Morgan fingerprint density at radius 2 is 2.00 bits per heavy atom. The number of carbonyl (C=O) groups excluding carboxylic acids is 1. The first-order valence-electron chi connectivity index (χ1n) is 3.59. The summed E-state index contributed by atoms with van der Waals surface area (Å²) >= 11 is 0. The molecule has 1 fully saturated rings. The van der Waals surface area contributed by atoms with Crippen molar-refractivity contribution < 1.29 is 9.53 Å². The van der Waals surface area contributed by atoms with E-state index < -0.39 is 0 Å². The van der Waals surface area contributed by atoms with Gasteiger partial charge in [0.1, 0.15) is 5.78 Å². The Labute approximate surface area is 61.6 Å². The third kappa shape index (κ3) is 0.717. The van der Waals surface area contributed by atoms with Gasteiger partial charge in [0.05, 0.1) is 11.5 Å². The van der Waals surface area contributed by atoms with Crippen molar-refractivity contribution >= 4 is 5.78 Å². The van der Waals surface area contributed by atoms with Crippen LogP contribution in [0, 0.1) is 11.3 Å². The van der Waals surface area contributed by atoms with Gasteiger partial charge in [-0.2, -0.15) is 0 Å². The molecular formula is C8H14O2. The Balaban J connectivity index is 2.71. The van der Waals surface area contributed by atoms with Crippen molar-refractivity contribution in [2.45, 2.75) is 26.9 Å². The zero-order valence-electron chi connectivity index (χ0n) is 6.97. The minimum absolute atomic E-state index is 0.0972. The molecule has 0 spiro atoms. The molecule has 0 aromatic rings. The second-order valence-corrected chi connectivity index (χ2v) is 3.53. The van der Waals surface area contributed by atoms with Crippen LogP contribution in [-0.2, 0) is 9.53 Å². The Morgan fingerprint density at radius 3 is 2.20 bits per heavy atom. The lowest BCUT2D eigenvalue weighted by molar-refractivity contribution is -0.167. The van der Waals surface area contributed by atoms with Crippen LogP contribution in [0.5, 0.6) is 0 Å². The number of methoxy groups -OCH3 is 1. The van der Waals surface area contributed by atoms with Crippen molar-refractivity contribution in [2.75, 3.05) is 7.11 Å². The fraction of sp³-hybridized carbons (Fsp3) is 0.875. The van der Waals surface area contributed by atoms with Gasteiger partial charge in [0.25, 0.3) is 0 Å². The Morgan fingerprint density at radius 1 is 1.50 bits per heavy atom. The molecule has 2 nitrogen and oxygen atoms in total. The summed E-state index contributed by atoms with van der Waals surface area (Å²) in [4.78, 5) is 11.2. The topological polar surface area (TPSA) is 26.3 Å². The summed E-state index contributed by atoms with van der Waals surface area (Å²) in [5.74, 6) is 0.416. The van der Waals surface area contributed by atoms with E-state index in [1.165, 1.54) is 0 Å². The summed E-state index contributed by atoms with van der Waals surface area (Å²) in [5.41, 5.74) is -0.242. The molecule has 0 saturated heterocycles. The molecule has 2 atom stereocenters. The van der Waals surface area contributed by atoms with Crippen molar-refractivity contribution in [2.24, 2.45) is 11.3 Å². The molecule has 1 aliphatic rings. The van der Waals surface area contributed by atoms with Crippen LogP contribution in [-0.4, -0.2) is 19.0 Å². The van der Waals surface area contributed by atoms with E-state index in [-0.39, 0.29) is 17.4 Å². The maximum absolute atomic E-state index is 11.2. The summed E-state index contributed by atoms with van der Waals surface area (Å²) in [6, 6.07) is 0. The smallest absolute Gasteiger partial charge is 0.146 e. The fourth-order valence-electron chi connectivity index (χ4n) is 1.89. The molecule has 0 N–H and O–H groups in total. The van der Waals surface area contributed by atoms with Crippen LogP contribution in [0.2, 0.25) is 0 Å². The maximum Gasteiger partial charge on any atom is 0.146 e. The molecule has 0 unspecified atom stereocenters. The first-order valence-corrected chi connectivity index (χ1v) is 3.59. The van der Waals surface area contributed by atoms with E-state index in [0.717, 1.165) is 0 Å². The molecule has 1 saturated carbocycles. The summed E-state index contributed by atoms with van der Waals surface area (Å²) < 4.78 is 5.16. The van der Waals surface area contributed by atoms with Crippen molar-refractivity contribution in [1.29, 1.82) is 0 Å². The third-order valence-electron chi connectivity index (χ3n) is 2.47. The van der Waals surface area contributed by atoms with E-state index >= 15 is 0 Å². The van der Waals surface area contributed by atoms with E-state index in [0.29, 0.717) is 5.78 Å². The molecule has 58 valence electrons. The first-order chi connectivity index (χ1) is 4.51. The molecule has 0 radical (unpaired) electrons. The summed E-state index contributed by atoms with van der Waals surface area (Å²) in [6.07, 6.45) is 0.125. The summed E-state index contributed by atoms with van der Waals surface area (Å²) in [7, 11) is 1.66. The Bertz CT molecular complexity index is 161. The monoisotopic (exact) mass is 142 g/mol. The van der Waals surface area contributed by atoms with Gasteiger partial charge >= 0.3 is 0 Å². The standard InChI is InChI=1S/C8H14O2/c1-5-6(9)8(2,3)7(5)10-4/h5,7H,1-4H3/t5-,7+/m0/s1. The zero-order chi connectivity index (χ0) is 7.94. The van der Waals surface area contributed by atoms with Crippen LogP contribution in [0.25, 0.3) is 0 Å². The lowest BCUT2D eigenvalue weighted by atomic mass is 9.61. The second-order valence-electron chi connectivity index (χ2n) is 3.53. The van der Waals surface area contributed by atoms with Gasteiger partial charge in [-0.25, -0.2) is 0 Å². The summed E-state index contributed by atoms with van der Waals surface area (Å²) in [6.45, 7) is 5.79. The Kier molecular flexibility index (Phi) is 1.59. The summed E-state index contributed by atoms with van der Waals surface area (Å²) in [5, 5.41) is 0. The molecule has 1 rings (SSSR count). The minimum atomic E-state index is -0.242. The van der Waals surface area contributed by atoms with E-state index in [9.17, 15) is 4.79 Å². The molecule has 10 heavy (non-hydrogen) atoms. The van der Waals surface area contributed by atoms with Gasteiger partial charge in [-0.15, -0.1) is 0 Å². The van der Waals surface area contributed by atoms with E-state index in [1.807, 2.05) is 20.8 Å². The van der Waals surface area contributed by atoms with Crippen LogP contribution in [0.15, 0.2) is 0 Å². The highest BCUT2D eigenvalue weighted by molar-refractivity contribution is 5.93. The predicted molar refractivity (Wildman–Crippen MR) is 38.7 cm³/mol. The van der Waals surface area contributed by atoms with E-state index in [1.54, 1.807) is 7.11 Å². The quantitative estimate of drug-likeness (QED) is 0.550. The molecule has 0 aromatic heterocycles. The number of rotatable bonds is 1. The average molecular weight is 142 g/mol. The molecule has 1 aliphatic carbocycles. The van der Waals surface area contributed by atoms with Crippen molar-refractivity contribution in [3.05, 3.63) is 0 Å². The fourth-order valence-corrected chi connectivity index (χ4v) is 1.89. The van der Waals surface area contributed by atoms with Crippen LogP contribution in [0.1, 0.15) is 20.8 Å². The van der Waals surface area contributed by atoms with Gasteiger partial charge in [0.15, 0.2) is 0 Å². The van der Waals surface area contributed by atoms with Crippen molar-refractivity contribution in [3.8, 4) is 0 Å². The number of ether oxygens (including phenoxy) is 1. The predicted octanol–water partition coefficient (Wildman–Crippen LogP) is 1.25. The number of ketones is 1.